The number of aliphatic hydroxyl groups excluding tert-OH is 1. The summed E-state index contributed by atoms with van der Waals surface area (Å²) in [5, 5.41) is 14.4. The van der Waals surface area contributed by atoms with Gasteiger partial charge in [-0.25, -0.2) is 4.79 Å². The molecule has 2 atom stereocenters. The van der Waals surface area contributed by atoms with Crippen molar-refractivity contribution in [2.45, 2.75) is 25.5 Å². The summed E-state index contributed by atoms with van der Waals surface area (Å²) in [6.45, 7) is 1.65. The molecular weight excluding hydrogens is 274 g/mol. The zero-order chi connectivity index (χ0) is 15.6. The van der Waals surface area contributed by atoms with Crippen molar-refractivity contribution in [1.29, 1.82) is 0 Å². The molecule has 1 aromatic rings. The Morgan fingerprint density at radius 2 is 1.95 bits per heavy atom. The number of imide groups is 1. The number of likely N-dealkylation sites (N-methyl/N-ethyl adjacent to an activating group) is 1. The summed E-state index contributed by atoms with van der Waals surface area (Å²) >= 11 is 0. The standard InChI is InChI=1S/C14H17N3O4/c1-8(18)9-3-5-10(6-4-9)15-14(21)16-11-7-12(19)17(2)13(11)20/h3-6,8,11,18H,7H2,1-2H3,(H2,15,16,21). The van der Waals surface area contributed by atoms with Crippen LogP contribution in [0, 0.1) is 0 Å². The molecule has 21 heavy (non-hydrogen) atoms. The van der Waals surface area contributed by atoms with Crippen LogP contribution in [0.1, 0.15) is 25.0 Å². The zero-order valence-electron chi connectivity index (χ0n) is 11.8. The van der Waals surface area contributed by atoms with E-state index in [4.69, 9.17) is 0 Å². The van der Waals surface area contributed by atoms with Crippen LogP contribution in [0.15, 0.2) is 24.3 Å². The van der Waals surface area contributed by atoms with Crippen molar-refractivity contribution < 1.29 is 19.5 Å². The number of carbonyl (C=O) groups is 3. The van der Waals surface area contributed by atoms with Crippen LogP contribution >= 0.6 is 0 Å². The van der Waals surface area contributed by atoms with Crippen LogP contribution in [0.3, 0.4) is 0 Å². The monoisotopic (exact) mass is 291 g/mol. The van der Waals surface area contributed by atoms with Crippen molar-refractivity contribution in [3.63, 3.8) is 0 Å². The summed E-state index contributed by atoms with van der Waals surface area (Å²) < 4.78 is 0. The largest absolute Gasteiger partial charge is 0.389 e. The molecule has 1 aliphatic heterocycles. The van der Waals surface area contributed by atoms with Crippen LogP contribution in [0.2, 0.25) is 0 Å². The first-order chi connectivity index (χ1) is 9.88. The van der Waals surface area contributed by atoms with E-state index in [-0.39, 0.29) is 12.3 Å². The molecule has 0 radical (unpaired) electrons. The average molecular weight is 291 g/mol. The van der Waals surface area contributed by atoms with Gasteiger partial charge in [-0.15, -0.1) is 0 Å². The third-order valence-corrected chi connectivity index (χ3v) is 3.34. The smallest absolute Gasteiger partial charge is 0.319 e. The van der Waals surface area contributed by atoms with Crippen molar-refractivity contribution in [1.82, 2.24) is 10.2 Å². The van der Waals surface area contributed by atoms with E-state index in [2.05, 4.69) is 10.6 Å². The molecule has 7 nitrogen and oxygen atoms in total. The number of nitrogens with zero attached hydrogens (tertiary/aromatic N) is 1. The number of nitrogens with one attached hydrogen (secondary N) is 2. The third-order valence-electron chi connectivity index (χ3n) is 3.34. The summed E-state index contributed by atoms with van der Waals surface area (Å²) in [7, 11) is 1.39. The lowest BCUT2D eigenvalue weighted by Crippen LogP contribution is -2.42. The van der Waals surface area contributed by atoms with E-state index in [1.54, 1.807) is 31.2 Å². The summed E-state index contributed by atoms with van der Waals surface area (Å²) in [6, 6.07) is 5.31. The van der Waals surface area contributed by atoms with Gasteiger partial charge in [-0.3, -0.25) is 14.5 Å². The van der Waals surface area contributed by atoms with Crippen molar-refractivity contribution in [3.05, 3.63) is 29.8 Å². The van der Waals surface area contributed by atoms with Crippen LogP contribution in [0.5, 0.6) is 0 Å². The molecule has 0 spiro atoms. The fourth-order valence-corrected chi connectivity index (χ4v) is 2.04. The number of likely N-dealkylation sites (tertiary alicyclic amines) is 1. The van der Waals surface area contributed by atoms with Crippen LogP contribution in [0.25, 0.3) is 0 Å². The van der Waals surface area contributed by atoms with Crippen molar-refractivity contribution >= 4 is 23.5 Å². The highest BCUT2D eigenvalue weighted by Crippen LogP contribution is 2.16. The summed E-state index contributed by atoms with van der Waals surface area (Å²) in [6.07, 6.45) is -0.602. The highest BCUT2D eigenvalue weighted by molar-refractivity contribution is 6.07. The Hall–Kier alpha value is -2.41. The van der Waals surface area contributed by atoms with E-state index in [0.29, 0.717) is 5.69 Å². The van der Waals surface area contributed by atoms with Crippen LogP contribution in [-0.2, 0) is 9.59 Å². The normalized spacial score (nSPS) is 19.6. The number of urea groups is 1. The second-order valence-electron chi connectivity index (χ2n) is 4.94. The minimum atomic E-state index is -0.820. The zero-order valence-corrected chi connectivity index (χ0v) is 11.8. The summed E-state index contributed by atoms with van der Waals surface area (Å²) in [5.74, 6) is -0.730. The molecule has 1 fully saturated rings. The predicted molar refractivity (Wildman–Crippen MR) is 75.4 cm³/mol. The maximum atomic E-state index is 11.8. The van der Waals surface area contributed by atoms with Gasteiger partial charge in [0.25, 0.3) is 5.91 Å². The van der Waals surface area contributed by atoms with Gasteiger partial charge in [0.15, 0.2) is 0 Å². The fraction of sp³-hybridized carbons (Fsp3) is 0.357. The SMILES string of the molecule is CC(O)c1ccc(NC(=O)NC2CC(=O)N(C)C2=O)cc1. The number of anilines is 1. The molecule has 1 saturated heterocycles. The molecule has 0 aliphatic carbocycles. The first kappa shape index (κ1) is 15.0. The Kier molecular flexibility index (Phi) is 4.23. The molecule has 4 amide bonds. The minimum Gasteiger partial charge on any atom is -0.389 e. The van der Waals surface area contributed by atoms with Gasteiger partial charge in [0, 0.05) is 12.7 Å². The van der Waals surface area contributed by atoms with Crippen LogP contribution in [-0.4, -0.2) is 40.9 Å². The van der Waals surface area contributed by atoms with Gasteiger partial charge in [0.1, 0.15) is 6.04 Å². The molecular formula is C14H17N3O4. The van der Waals surface area contributed by atoms with Crippen molar-refractivity contribution in [3.8, 4) is 0 Å². The average Bonchev–Trinajstić information content (AvgIpc) is 2.67. The summed E-state index contributed by atoms with van der Waals surface area (Å²) in [4.78, 5) is 35.8. The van der Waals surface area contributed by atoms with E-state index in [0.717, 1.165) is 10.5 Å². The van der Waals surface area contributed by atoms with Gasteiger partial charge < -0.3 is 15.7 Å². The number of rotatable bonds is 3. The first-order valence-electron chi connectivity index (χ1n) is 6.54. The number of hydrogen-bond acceptors (Lipinski definition) is 4. The number of hydrogen-bond donors (Lipinski definition) is 3. The topological polar surface area (TPSA) is 98.7 Å². The van der Waals surface area contributed by atoms with Crippen LogP contribution < -0.4 is 10.6 Å². The number of carbonyl (C=O) groups excluding carboxylic acids is 3. The highest BCUT2D eigenvalue weighted by atomic mass is 16.3. The molecule has 2 unspecified atom stereocenters. The Balaban J connectivity index is 1.93. The molecule has 1 aliphatic rings. The maximum Gasteiger partial charge on any atom is 0.319 e. The van der Waals surface area contributed by atoms with Gasteiger partial charge in [-0.1, -0.05) is 12.1 Å². The lowest BCUT2D eigenvalue weighted by Gasteiger charge is -2.12. The molecule has 7 heteroatoms. The van der Waals surface area contributed by atoms with Gasteiger partial charge in [-0.05, 0) is 24.6 Å². The Morgan fingerprint density at radius 1 is 1.33 bits per heavy atom. The lowest BCUT2D eigenvalue weighted by atomic mass is 10.1. The second-order valence-corrected chi connectivity index (χ2v) is 4.94. The highest BCUT2D eigenvalue weighted by Gasteiger charge is 2.36. The molecule has 0 saturated carbocycles. The summed E-state index contributed by atoms with van der Waals surface area (Å²) in [5.41, 5.74) is 1.26. The molecule has 112 valence electrons. The minimum absolute atomic E-state index is 0.0241. The fourth-order valence-electron chi connectivity index (χ4n) is 2.04. The van der Waals surface area contributed by atoms with Gasteiger partial charge >= 0.3 is 6.03 Å². The molecule has 1 heterocycles. The van der Waals surface area contributed by atoms with Crippen molar-refractivity contribution in [2.75, 3.05) is 12.4 Å². The van der Waals surface area contributed by atoms with E-state index >= 15 is 0 Å². The number of aliphatic hydroxyl groups is 1. The van der Waals surface area contributed by atoms with Gasteiger partial charge in [0.05, 0.1) is 12.5 Å². The van der Waals surface area contributed by atoms with Gasteiger partial charge in [0.2, 0.25) is 5.91 Å². The third kappa shape index (κ3) is 3.38. The van der Waals surface area contributed by atoms with E-state index in [9.17, 15) is 19.5 Å². The van der Waals surface area contributed by atoms with E-state index in [1.165, 1.54) is 7.05 Å². The maximum absolute atomic E-state index is 11.8. The van der Waals surface area contributed by atoms with E-state index < -0.39 is 24.1 Å². The Morgan fingerprint density at radius 3 is 2.43 bits per heavy atom. The molecule has 0 aromatic heterocycles. The molecule has 2 rings (SSSR count). The lowest BCUT2D eigenvalue weighted by molar-refractivity contribution is -0.137. The number of amides is 4. The molecule has 3 N–H and O–H groups in total. The Labute approximate surface area is 121 Å². The second kappa shape index (κ2) is 5.92. The predicted octanol–water partition coefficient (Wildman–Crippen LogP) is 0.619. The Bertz CT molecular complexity index is 568. The first-order valence-corrected chi connectivity index (χ1v) is 6.54. The number of benzene rings is 1. The molecule has 1 aromatic carbocycles. The van der Waals surface area contributed by atoms with Crippen molar-refractivity contribution in [2.24, 2.45) is 0 Å². The molecule has 0 bridgehead atoms. The van der Waals surface area contributed by atoms with E-state index in [1.807, 2.05) is 0 Å². The van der Waals surface area contributed by atoms with Gasteiger partial charge in [-0.2, -0.15) is 0 Å². The van der Waals surface area contributed by atoms with Crippen LogP contribution in [0.4, 0.5) is 10.5 Å². The quantitative estimate of drug-likeness (QED) is 0.711.